The summed E-state index contributed by atoms with van der Waals surface area (Å²) < 4.78 is 0. The van der Waals surface area contributed by atoms with Crippen molar-refractivity contribution in [1.82, 2.24) is 0 Å². The fourth-order valence-electron chi connectivity index (χ4n) is 1.72. The van der Waals surface area contributed by atoms with Crippen molar-refractivity contribution in [3.05, 3.63) is 33.3 Å². The van der Waals surface area contributed by atoms with Crippen molar-refractivity contribution in [2.24, 2.45) is 5.92 Å². The number of carbonyl (C=O) groups is 1. The highest BCUT2D eigenvalue weighted by Gasteiger charge is 2.17. The Labute approximate surface area is 115 Å². The number of non-ortho nitro benzene ring substituents is 1. The highest BCUT2D eigenvalue weighted by atomic mass is 35.5. The van der Waals surface area contributed by atoms with Gasteiger partial charge >= 0.3 is 5.97 Å². The monoisotopic (exact) mass is 286 g/mol. The molecule has 0 heterocycles. The summed E-state index contributed by atoms with van der Waals surface area (Å²) >= 11 is 6.00. The van der Waals surface area contributed by atoms with E-state index in [0.29, 0.717) is 12.2 Å². The van der Waals surface area contributed by atoms with Gasteiger partial charge in [0.1, 0.15) is 6.54 Å². The third kappa shape index (κ3) is 4.40. The summed E-state index contributed by atoms with van der Waals surface area (Å²) in [6.07, 6.45) is 0. The molecule has 0 aliphatic carbocycles. The Morgan fingerprint density at radius 3 is 2.58 bits per heavy atom. The molecule has 104 valence electrons. The van der Waals surface area contributed by atoms with Gasteiger partial charge in [-0.2, -0.15) is 0 Å². The second kappa shape index (κ2) is 6.38. The Bertz CT molecular complexity index is 491. The van der Waals surface area contributed by atoms with Gasteiger partial charge in [0.15, 0.2) is 0 Å². The lowest BCUT2D eigenvalue weighted by Crippen LogP contribution is -2.33. The molecule has 0 radical (unpaired) electrons. The second-order valence-electron chi connectivity index (χ2n) is 4.56. The van der Waals surface area contributed by atoms with Crippen molar-refractivity contribution in [2.75, 3.05) is 18.0 Å². The molecule has 0 aliphatic heterocycles. The maximum absolute atomic E-state index is 10.9. The molecule has 7 heteroatoms. The van der Waals surface area contributed by atoms with Crippen LogP contribution in [0.4, 0.5) is 11.4 Å². The van der Waals surface area contributed by atoms with Gasteiger partial charge in [-0.1, -0.05) is 25.4 Å². The topological polar surface area (TPSA) is 83.7 Å². The fraction of sp³-hybridized carbons (Fsp3) is 0.417. The smallest absolute Gasteiger partial charge is 0.323 e. The van der Waals surface area contributed by atoms with E-state index in [-0.39, 0.29) is 23.2 Å². The Morgan fingerprint density at radius 2 is 2.16 bits per heavy atom. The van der Waals surface area contributed by atoms with E-state index in [9.17, 15) is 14.9 Å². The number of carboxylic acids is 1. The van der Waals surface area contributed by atoms with Gasteiger partial charge in [-0.25, -0.2) is 0 Å². The van der Waals surface area contributed by atoms with Crippen LogP contribution in [0.15, 0.2) is 18.2 Å². The highest BCUT2D eigenvalue weighted by molar-refractivity contribution is 6.33. The van der Waals surface area contributed by atoms with E-state index >= 15 is 0 Å². The van der Waals surface area contributed by atoms with Crippen LogP contribution in [-0.2, 0) is 4.79 Å². The van der Waals surface area contributed by atoms with Crippen molar-refractivity contribution in [1.29, 1.82) is 0 Å². The second-order valence-corrected chi connectivity index (χ2v) is 4.97. The number of halogens is 1. The third-order valence-corrected chi connectivity index (χ3v) is 2.70. The molecule has 0 spiro atoms. The molecule has 6 nitrogen and oxygen atoms in total. The maximum atomic E-state index is 10.9. The van der Waals surface area contributed by atoms with E-state index in [1.807, 2.05) is 13.8 Å². The molecule has 0 saturated heterocycles. The lowest BCUT2D eigenvalue weighted by molar-refractivity contribution is -0.384. The molecular weight excluding hydrogens is 272 g/mol. The minimum Gasteiger partial charge on any atom is -0.480 e. The zero-order chi connectivity index (χ0) is 14.6. The number of hydrogen-bond acceptors (Lipinski definition) is 4. The lowest BCUT2D eigenvalue weighted by atomic mass is 10.2. The summed E-state index contributed by atoms with van der Waals surface area (Å²) in [5.74, 6) is -0.735. The number of anilines is 1. The zero-order valence-electron chi connectivity index (χ0n) is 10.7. The molecule has 0 amide bonds. The number of rotatable bonds is 6. The largest absolute Gasteiger partial charge is 0.480 e. The molecule has 1 rings (SSSR count). The predicted molar refractivity (Wildman–Crippen MR) is 72.8 cm³/mol. The molecule has 0 saturated carbocycles. The molecule has 0 aromatic heterocycles. The number of carboxylic acid groups (broad SMARTS) is 1. The van der Waals surface area contributed by atoms with Gasteiger partial charge in [0.25, 0.3) is 5.69 Å². The number of nitro benzene ring substituents is 1. The van der Waals surface area contributed by atoms with Crippen LogP contribution in [0.2, 0.25) is 5.02 Å². The van der Waals surface area contributed by atoms with Crippen LogP contribution in [0.1, 0.15) is 13.8 Å². The molecule has 1 N–H and O–H groups in total. The lowest BCUT2D eigenvalue weighted by Gasteiger charge is -2.25. The quantitative estimate of drug-likeness (QED) is 0.642. The zero-order valence-corrected chi connectivity index (χ0v) is 11.4. The molecule has 1 aromatic rings. The van der Waals surface area contributed by atoms with Crippen molar-refractivity contribution in [3.63, 3.8) is 0 Å². The van der Waals surface area contributed by atoms with Crippen LogP contribution >= 0.6 is 11.6 Å². The number of aliphatic carboxylic acids is 1. The standard InChI is InChI=1S/C12H15ClN2O4/c1-8(2)6-14(7-12(16)17)11-4-3-9(15(18)19)5-10(11)13/h3-5,8H,6-7H2,1-2H3,(H,16,17). The number of hydrogen-bond donors (Lipinski definition) is 1. The van der Waals surface area contributed by atoms with Gasteiger partial charge in [-0.15, -0.1) is 0 Å². The first-order valence-corrected chi connectivity index (χ1v) is 6.09. The number of nitrogens with zero attached hydrogens (tertiary/aromatic N) is 2. The predicted octanol–water partition coefficient (Wildman–Crippen LogP) is 2.80. The third-order valence-electron chi connectivity index (χ3n) is 2.39. The average molecular weight is 287 g/mol. The summed E-state index contributed by atoms with van der Waals surface area (Å²) in [6.45, 7) is 4.21. The molecular formula is C12H15ClN2O4. The molecule has 0 atom stereocenters. The molecule has 0 bridgehead atoms. The molecule has 0 aliphatic rings. The molecule has 1 aromatic carbocycles. The van der Waals surface area contributed by atoms with Crippen LogP contribution in [0.25, 0.3) is 0 Å². The Hall–Kier alpha value is -1.82. The van der Waals surface area contributed by atoms with Gasteiger partial charge in [0.05, 0.1) is 15.6 Å². The van der Waals surface area contributed by atoms with Crippen molar-refractivity contribution >= 4 is 28.9 Å². The van der Waals surface area contributed by atoms with Crippen LogP contribution < -0.4 is 4.90 Å². The van der Waals surface area contributed by atoms with E-state index < -0.39 is 10.9 Å². The summed E-state index contributed by atoms with van der Waals surface area (Å²) in [5.41, 5.74) is 0.372. The summed E-state index contributed by atoms with van der Waals surface area (Å²) in [7, 11) is 0. The Balaban J connectivity index is 3.07. The van der Waals surface area contributed by atoms with Crippen LogP contribution in [0.5, 0.6) is 0 Å². The van der Waals surface area contributed by atoms with E-state index in [2.05, 4.69) is 0 Å². The van der Waals surface area contributed by atoms with Crippen molar-refractivity contribution in [2.45, 2.75) is 13.8 Å². The first-order chi connectivity index (χ1) is 8.81. The maximum Gasteiger partial charge on any atom is 0.323 e. The van der Waals surface area contributed by atoms with Gasteiger partial charge in [0.2, 0.25) is 0 Å². The van der Waals surface area contributed by atoms with Crippen LogP contribution in [0.3, 0.4) is 0 Å². The van der Waals surface area contributed by atoms with Crippen molar-refractivity contribution < 1.29 is 14.8 Å². The number of nitro groups is 1. The first kappa shape index (κ1) is 15.2. The average Bonchev–Trinajstić information content (AvgIpc) is 2.26. The van der Waals surface area contributed by atoms with E-state index in [1.54, 1.807) is 4.90 Å². The van der Waals surface area contributed by atoms with Gasteiger partial charge < -0.3 is 10.0 Å². The summed E-state index contributed by atoms with van der Waals surface area (Å²) in [6, 6.07) is 4.02. The van der Waals surface area contributed by atoms with E-state index in [1.165, 1.54) is 18.2 Å². The summed E-state index contributed by atoms with van der Waals surface area (Å²) in [5, 5.41) is 19.7. The Morgan fingerprint density at radius 1 is 1.53 bits per heavy atom. The Kier molecular flexibility index (Phi) is 5.11. The fourth-order valence-corrected chi connectivity index (χ4v) is 2.01. The molecule has 19 heavy (non-hydrogen) atoms. The number of benzene rings is 1. The van der Waals surface area contributed by atoms with Gasteiger partial charge in [0, 0.05) is 18.7 Å². The SMILES string of the molecule is CC(C)CN(CC(=O)O)c1ccc([N+](=O)[O-])cc1Cl. The van der Waals surface area contributed by atoms with Crippen LogP contribution in [0, 0.1) is 16.0 Å². The van der Waals surface area contributed by atoms with Gasteiger partial charge in [-0.05, 0) is 12.0 Å². The molecule has 0 fully saturated rings. The van der Waals surface area contributed by atoms with E-state index in [4.69, 9.17) is 16.7 Å². The first-order valence-electron chi connectivity index (χ1n) is 5.72. The minimum atomic E-state index is -0.977. The van der Waals surface area contributed by atoms with Crippen LogP contribution in [-0.4, -0.2) is 29.1 Å². The normalized spacial score (nSPS) is 10.5. The molecule has 0 unspecified atom stereocenters. The van der Waals surface area contributed by atoms with Gasteiger partial charge in [-0.3, -0.25) is 14.9 Å². The van der Waals surface area contributed by atoms with E-state index in [0.717, 1.165) is 0 Å². The van der Waals surface area contributed by atoms with Crippen molar-refractivity contribution in [3.8, 4) is 0 Å². The summed E-state index contributed by atoms with van der Waals surface area (Å²) in [4.78, 5) is 22.5. The highest BCUT2D eigenvalue weighted by Crippen LogP contribution is 2.30. The minimum absolute atomic E-state index is 0.117.